The van der Waals surface area contributed by atoms with Crippen LogP contribution < -0.4 is 98.2 Å². The van der Waals surface area contributed by atoms with Crippen molar-refractivity contribution < 1.29 is 224 Å². The Balaban J connectivity index is 0.000000278. The van der Waals surface area contributed by atoms with Crippen molar-refractivity contribution in [2.45, 2.75) is 121 Å². The third kappa shape index (κ3) is 38.1. The first-order chi connectivity index (χ1) is 62.2. The number of phosphoric acid groups is 12. The van der Waals surface area contributed by atoms with E-state index in [4.69, 9.17) is 91.1 Å². The minimum absolute atomic E-state index is 0. The van der Waals surface area contributed by atoms with Gasteiger partial charge in [0.15, 0.2) is 22.6 Å². The van der Waals surface area contributed by atoms with E-state index >= 15 is 0 Å². The standard InChI is InChI=1S/C11H17N8O13P3.C11H17N8O12P3.2C11H18N5O14P3.CH4/c12-11-16-9-8(10(20)17-11)14-3-19(9)7-1-5(28-4-15-18-13)6(30-7)2-29-34(24,25)32-35(26,27)31-33(21,22)23;12-10-9-11(15-3-14-10)19(4-16-9)8-1-6(27-5-17-18-13)7(29-8)2-28-33(23,24)31-34(25,26)30-32(20,21)22;2*1-6-3-16(11(18)14-10(6)17)9-2-7(26-5-13-15-12)8(28-9)4-27-32(22,23)30-33(24,25)29-31(19,20)21;/h3,5-7H,1-2,4H2,(H,24,25)(H,26,27)(H2,21,22,23)(H3,12,16,17,20);3-4,6-8H,1-2,5H2,(H,23,24)(H,25,26)(H2,12,14,15)(H2,20,21,22);2*3,7-9H,2,4-5H2,1H3,(H,22,23)(H,24,25)(H,14,17,18)(H2,19,20,21);1H4/p-12/t5-,6-,7-;6-,7-,8-;2*7-,8-,9-;/m1111./s1. The number of aromatic nitrogens is 12. The second kappa shape index (κ2) is 48.7. The van der Waals surface area contributed by atoms with Gasteiger partial charge in [-0.1, -0.05) is 27.9 Å². The molecule has 4 saturated heterocycles. The number of ether oxygens (including phenoxy) is 8. The van der Waals surface area contributed by atoms with Gasteiger partial charge in [-0.3, -0.25) is 102 Å². The van der Waals surface area contributed by atoms with Crippen LogP contribution in [0, 0.1) is 13.8 Å². The molecule has 4 aliphatic rings. The molecule has 10 rings (SSSR count). The highest BCUT2D eigenvalue weighted by atomic mass is 31.3. The molecule has 24 atom stereocenters. The molecule has 10 heterocycles. The van der Waals surface area contributed by atoms with E-state index in [2.05, 4.69) is 123 Å². The molecule has 0 radical (unpaired) electrons. The number of aryl methyl sites for hydroxylation is 2. The van der Waals surface area contributed by atoms with Crippen molar-refractivity contribution in [3.8, 4) is 0 Å². The molecule has 6 aromatic heterocycles. The van der Waals surface area contributed by atoms with Crippen LogP contribution >= 0.6 is 93.9 Å². The van der Waals surface area contributed by atoms with E-state index in [0.29, 0.717) is 0 Å². The summed E-state index contributed by atoms with van der Waals surface area (Å²) in [6.07, 6.45) is -7.47. The molecule has 136 heavy (non-hydrogen) atoms. The number of fused-ring (bicyclic) bond motifs is 2. The Labute approximate surface area is 749 Å². The van der Waals surface area contributed by atoms with E-state index in [9.17, 15) is 137 Å². The predicted octanol–water partition coefficient (Wildman–Crippen LogP) is -6.01. The van der Waals surface area contributed by atoms with Crippen molar-refractivity contribution in [3.05, 3.63) is 136 Å². The average molecular weight is 2190 g/mol. The highest BCUT2D eigenvalue weighted by Gasteiger charge is 2.44. The third-order valence-electron chi connectivity index (χ3n) is 15.9. The normalized spacial score (nSPS) is 25.6. The maximum atomic E-state index is 12.1. The summed E-state index contributed by atoms with van der Waals surface area (Å²) in [4.78, 5) is 263. The Hall–Kier alpha value is -7.58. The number of azide groups is 4. The fraction of sp³-hybridized carbons (Fsp3) is 0.600. The van der Waals surface area contributed by atoms with Crippen LogP contribution in [-0.4, -0.2) is 180 Å². The third-order valence-corrected chi connectivity index (χ3v) is 30.7. The van der Waals surface area contributed by atoms with E-state index in [1.54, 1.807) is 0 Å². The summed E-state index contributed by atoms with van der Waals surface area (Å²) in [5.74, 6) is -0.130. The maximum Gasteiger partial charge on any atom is 0.330 e. The van der Waals surface area contributed by atoms with Gasteiger partial charge in [-0.2, -0.15) is 4.98 Å². The molecular formula is C45H62N26O53P12-12. The van der Waals surface area contributed by atoms with Crippen molar-refractivity contribution in [1.82, 2.24) is 58.1 Å². The predicted molar refractivity (Wildman–Crippen MR) is 403 cm³/mol. The van der Waals surface area contributed by atoms with Crippen LogP contribution in [0.4, 0.5) is 11.8 Å². The van der Waals surface area contributed by atoms with Crippen LogP contribution in [0.3, 0.4) is 0 Å². The Morgan fingerprint density at radius 3 is 0.956 bits per heavy atom. The number of H-pyrrole nitrogens is 3. The van der Waals surface area contributed by atoms with Gasteiger partial charge < -0.3 is 146 Å². The molecule has 0 aliphatic carbocycles. The number of nitrogens with two attached hydrogens (primary N) is 2. The van der Waals surface area contributed by atoms with Gasteiger partial charge in [0.05, 0.1) is 63.5 Å². The lowest BCUT2D eigenvalue weighted by molar-refractivity contribution is -0.254. The Morgan fingerprint density at radius 1 is 0.404 bits per heavy atom. The molecule has 0 saturated carbocycles. The number of phosphoric ester groups is 4. The van der Waals surface area contributed by atoms with Crippen LogP contribution in [0.5, 0.6) is 0 Å². The zero-order chi connectivity index (χ0) is 101. The van der Waals surface area contributed by atoms with E-state index in [0.717, 1.165) is 9.13 Å². The van der Waals surface area contributed by atoms with Gasteiger partial charge in [-0.25, -0.2) is 64.0 Å². The number of hydrogen-bond acceptors (Lipinski definition) is 60. The van der Waals surface area contributed by atoms with Crippen LogP contribution in [0.2, 0.25) is 0 Å². The molecule has 0 amide bonds. The summed E-state index contributed by atoms with van der Waals surface area (Å²) in [5.41, 5.74) is 41.9. The Kier molecular flexibility index (Phi) is 42.0. The quantitative estimate of drug-likeness (QED) is 0.00744. The Morgan fingerprint density at radius 2 is 0.676 bits per heavy atom. The lowest BCUT2D eigenvalue weighted by Crippen LogP contribution is -2.33. The number of rotatable bonds is 44. The second-order valence-corrected chi connectivity index (χ2v) is 42.5. The zero-order valence-corrected chi connectivity index (χ0v) is 76.7. The van der Waals surface area contributed by atoms with Gasteiger partial charge in [0.25, 0.3) is 111 Å². The van der Waals surface area contributed by atoms with Crippen LogP contribution in [0.25, 0.3) is 64.1 Å². The van der Waals surface area contributed by atoms with Gasteiger partial charge >= 0.3 is 11.4 Å². The first kappa shape index (κ1) is 117. The lowest BCUT2D eigenvalue weighted by Gasteiger charge is -2.33. The van der Waals surface area contributed by atoms with Gasteiger partial charge in [-0.05, 0) is 36.0 Å². The van der Waals surface area contributed by atoms with Crippen LogP contribution in [0.1, 0.15) is 69.1 Å². The molecule has 91 heteroatoms. The molecule has 4 aliphatic heterocycles. The number of nitrogens with zero attached hydrogens (tertiary/aromatic N) is 21. The largest absolute Gasteiger partial charge is 0.756 e. The fourth-order valence-electron chi connectivity index (χ4n) is 11.0. The van der Waals surface area contributed by atoms with E-state index in [-0.39, 0.29) is 78.3 Å². The minimum atomic E-state index is -6.09. The molecule has 79 nitrogen and oxygen atoms in total. The summed E-state index contributed by atoms with van der Waals surface area (Å²) >= 11 is 0. The highest BCUT2D eigenvalue weighted by Crippen LogP contribution is 2.65. The van der Waals surface area contributed by atoms with Crippen molar-refractivity contribution in [2.24, 2.45) is 20.5 Å². The fourth-order valence-corrected chi connectivity index (χ4v) is 22.6. The number of nitrogens with one attached hydrogen (secondary N) is 3. The summed E-state index contributed by atoms with van der Waals surface area (Å²) in [6.45, 7) is -2.97. The number of hydrogen-bond donors (Lipinski definition) is 9. The number of anilines is 2. The van der Waals surface area contributed by atoms with Crippen molar-refractivity contribution >= 4 is 128 Å². The number of aromatic amines is 3. The van der Waals surface area contributed by atoms with Crippen LogP contribution in [-0.2, 0) is 145 Å². The molecule has 0 aromatic carbocycles. The zero-order valence-electron chi connectivity index (χ0n) is 66.0. The van der Waals surface area contributed by atoms with Gasteiger partial charge in [0.1, 0.15) is 88.1 Å². The van der Waals surface area contributed by atoms with E-state index < -0.39 is 249 Å². The topological polar surface area (TPSA) is 1210 Å². The summed E-state index contributed by atoms with van der Waals surface area (Å²) in [5, 5.41) is 12.6. The average Bonchev–Trinajstić information content (AvgIpc) is 1.63. The molecule has 0 bridgehead atoms. The van der Waals surface area contributed by atoms with Crippen LogP contribution in [0.15, 0.2) is 75.8 Å². The summed E-state index contributed by atoms with van der Waals surface area (Å²) in [6, 6.07) is 0. The lowest BCUT2D eigenvalue weighted by atomic mass is 10.2. The van der Waals surface area contributed by atoms with Gasteiger partial charge in [-0.15, -0.1) is 0 Å². The molecule has 11 N–H and O–H groups in total. The monoisotopic (exact) mass is 2190 g/mol. The number of nitrogen functional groups attached to an aromatic ring is 2. The minimum Gasteiger partial charge on any atom is -0.756 e. The smallest absolute Gasteiger partial charge is 0.330 e. The molecule has 762 valence electrons. The highest BCUT2D eigenvalue weighted by molar-refractivity contribution is 7.67. The van der Waals surface area contributed by atoms with Crippen molar-refractivity contribution in [3.63, 3.8) is 0 Å². The van der Waals surface area contributed by atoms with Gasteiger partial charge in [0.2, 0.25) is 5.95 Å². The van der Waals surface area contributed by atoms with Gasteiger partial charge in [0, 0.05) is 68.9 Å². The summed E-state index contributed by atoms with van der Waals surface area (Å²) < 4.78 is 227. The summed E-state index contributed by atoms with van der Waals surface area (Å²) in [7, 11) is -71.0. The van der Waals surface area contributed by atoms with Crippen molar-refractivity contribution in [2.75, 3.05) is 64.8 Å². The molecular weight excluding hydrogens is 2120 g/mol. The first-order valence-corrected chi connectivity index (χ1v) is 52.2. The molecule has 12 unspecified atom stereocenters. The van der Waals surface area contributed by atoms with Crippen molar-refractivity contribution in [1.29, 1.82) is 0 Å². The molecule has 6 aromatic rings. The number of imidazole rings is 2. The Bertz CT molecular complexity index is 6230. The van der Waals surface area contributed by atoms with E-state index in [1.165, 1.54) is 54.4 Å². The maximum absolute atomic E-state index is 12.1. The molecule has 0 spiro atoms. The first-order valence-electron chi connectivity index (χ1n) is 34.6. The second-order valence-electron chi connectivity index (χ2n) is 25.3. The molecule has 4 fully saturated rings. The SMILES string of the molecule is C.Cc1cn([C@H]2C[C@@H](OCN=[N+]=[N-])[C@@H](COP(=O)([O-])OP(=O)([O-])OP(=O)([O-])O)O2)c(=O)[nH]c1=O.Cc1cn([C@H]2C[C@@H](OCN=[N+]=[N-])[C@@H](COP(=O)([O-])OP(=O)([O-])OP(=O)([O-])O)O2)c(=O)[nH]c1=O.[N-]=[N+]=NCO[C@@H]1C[C@H](n2cnc3c(=O)[nH]c(N)nc32)O[C@@H]1COP(=O)([O-])OP(=O)([O-])OP(=O)([O-])O.[N-]=[N+]=NCO[C@@H]1C[C@H](n2cnc3c(N)ncnc32)O[C@@H]1COP(=O)([O-])OP(=O)([O-])OP(=O)([O-])O. The van der Waals surface area contributed by atoms with E-state index in [1.807, 2.05) is 9.97 Å².